The summed E-state index contributed by atoms with van der Waals surface area (Å²) in [5.41, 5.74) is 0.603. The highest BCUT2D eigenvalue weighted by molar-refractivity contribution is 5.78. The summed E-state index contributed by atoms with van der Waals surface area (Å²) >= 11 is 0. The van der Waals surface area contributed by atoms with Gasteiger partial charge in [0.2, 0.25) is 5.91 Å². The fourth-order valence-corrected chi connectivity index (χ4v) is 3.04. The van der Waals surface area contributed by atoms with Crippen LogP contribution < -0.4 is 5.32 Å². The minimum absolute atomic E-state index is 0.00319. The normalized spacial score (nSPS) is 19.0. The number of aromatic nitrogens is 2. The minimum Gasteiger partial charge on any atom is -0.381 e. The maximum Gasteiger partial charge on any atom is 0.226 e. The smallest absolute Gasteiger partial charge is 0.226 e. The Kier molecular flexibility index (Phi) is 5.26. The van der Waals surface area contributed by atoms with Gasteiger partial charge in [-0.25, -0.2) is 0 Å². The van der Waals surface area contributed by atoms with Gasteiger partial charge >= 0.3 is 0 Å². The molecular weight excluding hydrogens is 306 g/mol. The Balaban J connectivity index is 1.44. The largest absolute Gasteiger partial charge is 0.381 e. The first-order valence-corrected chi connectivity index (χ1v) is 8.47. The molecule has 0 saturated carbocycles. The van der Waals surface area contributed by atoms with Crippen molar-refractivity contribution in [1.29, 1.82) is 0 Å². The highest BCUT2D eigenvalue weighted by Gasteiger charge is 2.38. The number of hydrogen-bond acceptors (Lipinski definition) is 5. The molecule has 1 fully saturated rings. The van der Waals surface area contributed by atoms with E-state index in [1.165, 1.54) is 0 Å². The van der Waals surface area contributed by atoms with Crippen molar-refractivity contribution in [1.82, 2.24) is 15.1 Å². The van der Waals surface area contributed by atoms with Crippen LogP contribution >= 0.6 is 0 Å². The van der Waals surface area contributed by atoms with E-state index in [0.29, 0.717) is 31.8 Å². The predicted octanol–water partition coefficient (Wildman–Crippen LogP) is 1.86. The standard InChI is InChI=1S/C17H23N5O2/c1-2-3-7-17(20-21-17)8-10-18-16(23)13-15-4-9-19-22(15)14-5-11-24-12-6-14/h1,4,9,14H,3,5-8,10-13H2,(H,18,23). The molecule has 1 amide bonds. The Hall–Kier alpha value is -2.20. The third kappa shape index (κ3) is 4.20. The first kappa shape index (κ1) is 16.7. The second-order valence-electron chi connectivity index (χ2n) is 6.27. The molecular formula is C17H23N5O2. The van der Waals surface area contributed by atoms with E-state index in [1.807, 2.05) is 10.7 Å². The predicted molar refractivity (Wildman–Crippen MR) is 88.3 cm³/mol. The Morgan fingerprint density at radius 1 is 1.42 bits per heavy atom. The summed E-state index contributed by atoms with van der Waals surface area (Å²) in [5.74, 6) is 2.60. The topological polar surface area (TPSA) is 80.9 Å². The summed E-state index contributed by atoms with van der Waals surface area (Å²) in [6.07, 6.45) is 11.4. The zero-order valence-corrected chi connectivity index (χ0v) is 13.8. The van der Waals surface area contributed by atoms with Gasteiger partial charge in [0, 0.05) is 50.9 Å². The van der Waals surface area contributed by atoms with Gasteiger partial charge in [0.1, 0.15) is 0 Å². The van der Waals surface area contributed by atoms with Crippen molar-refractivity contribution in [2.24, 2.45) is 10.2 Å². The van der Waals surface area contributed by atoms with Gasteiger partial charge in [-0.15, -0.1) is 12.3 Å². The Morgan fingerprint density at radius 3 is 2.92 bits per heavy atom. The number of ether oxygens (including phenoxy) is 1. The Morgan fingerprint density at radius 2 is 2.21 bits per heavy atom. The number of carbonyl (C=O) groups is 1. The number of hydrogen-bond donors (Lipinski definition) is 1. The number of carbonyl (C=O) groups excluding carboxylic acids is 1. The lowest BCUT2D eigenvalue weighted by Gasteiger charge is -2.24. The summed E-state index contributed by atoms with van der Waals surface area (Å²) in [5, 5.41) is 15.5. The van der Waals surface area contributed by atoms with Crippen LogP contribution in [0.3, 0.4) is 0 Å². The molecule has 128 valence electrons. The SMILES string of the molecule is C#CCCC1(CCNC(=O)Cc2ccnn2C2CCOCC2)N=N1. The third-order valence-corrected chi connectivity index (χ3v) is 4.53. The first-order chi connectivity index (χ1) is 11.7. The zero-order chi connectivity index (χ0) is 16.8. The van der Waals surface area contributed by atoms with E-state index in [9.17, 15) is 4.79 Å². The highest BCUT2D eigenvalue weighted by atomic mass is 16.5. The number of rotatable bonds is 8. The quantitative estimate of drug-likeness (QED) is 0.739. The van der Waals surface area contributed by atoms with E-state index in [1.54, 1.807) is 6.20 Å². The lowest BCUT2D eigenvalue weighted by Crippen LogP contribution is -2.31. The summed E-state index contributed by atoms with van der Waals surface area (Å²) in [7, 11) is 0. The number of nitrogens with one attached hydrogen (secondary N) is 1. The van der Waals surface area contributed by atoms with Crippen molar-refractivity contribution in [3.63, 3.8) is 0 Å². The maximum atomic E-state index is 12.2. The van der Waals surface area contributed by atoms with Crippen molar-refractivity contribution in [2.75, 3.05) is 19.8 Å². The van der Waals surface area contributed by atoms with Crippen LogP contribution in [0.25, 0.3) is 0 Å². The number of terminal acetylenes is 1. The fourth-order valence-electron chi connectivity index (χ4n) is 3.04. The Labute approximate surface area is 141 Å². The molecule has 1 N–H and O–H groups in total. The van der Waals surface area contributed by atoms with Gasteiger partial charge in [0.05, 0.1) is 12.5 Å². The Bertz CT molecular complexity index is 634. The molecule has 1 saturated heterocycles. The summed E-state index contributed by atoms with van der Waals surface area (Å²) in [6, 6.07) is 2.24. The van der Waals surface area contributed by atoms with E-state index < -0.39 is 0 Å². The van der Waals surface area contributed by atoms with Gasteiger partial charge in [-0.3, -0.25) is 9.48 Å². The highest BCUT2D eigenvalue weighted by Crippen LogP contribution is 2.36. The van der Waals surface area contributed by atoms with Crippen molar-refractivity contribution < 1.29 is 9.53 Å². The molecule has 0 unspecified atom stereocenters. The lowest BCUT2D eigenvalue weighted by atomic mass is 10.0. The minimum atomic E-state index is -0.344. The molecule has 2 aliphatic heterocycles. The van der Waals surface area contributed by atoms with Gasteiger partial charge in [-0.2, -0.15) is 15.3 Å². The van der Waals surface area contributed by atoms with E-state index in [0.717, 1.165) is 38.2 Å². The summed E-state index contributed by atoms with van der Waals surface area (Å²) in [6.45, 7) is 2.06. The average Bonchev–Trinajstić information content (AvgIpc) is 3.22. The molecule has 7 heteroatoms. The second-order valence-corrected chi connectivity index (χ2v) is 6.27. The maximum absolute atomic E-state index is 12.2. The fraction of sp³-hybridized carbons (Fsp3) is 0.647. The van der Waals surface area contributed by atoms with Gasteiger partial charge in [-0.1, -0.05) is 0 Å². The van der Waals surface area contributed by atoms with Crippen LogP contribution in [0.2, 0.25) is 0 Å². The molecule has 3 heterocycles. The van der Waals surface area contributed by atoms with Gasteiger partial charge in [0.25, 0.3) is 0 Å². The van der Waals surface area contributed by atoms with Crippen LogP contribution in [0.4, 0.5) is 0 Å². The van der Waals surface area contributed by atoms with Crippen LogP contribution in [0, 0.1) is 12.3 Å². The monoisotopic (exact) mass is 329 g/mol. The number of amides is 1. The van der Waals surface area contributed by atoms with Gasteiger partial charge in [0.15, 0.2) is 5.66 Å². The molecule has 0 bridgehead atoms. The van der Waals surface area contributed by atoms with Gasteiger partial charge in [-0.05, 0) is 18.9 Å². The molecule has 0 aliphatic carbocycles. The van der Waals surface area contributed by atoms with Crippen LogP contribution in [-0.2, 0) is 16.0 Å². The van der Waals surface area contributed by atoms with Crippen molar-refractivity contribution >= 4 is 5.91 Å². The molecule has 3 rings (SSSR count). The molecule has 0 spiro atoms. The van der Waals surface area contributed by atoms with Crippen LogP contribution in [0.15, 0.2) is 22.5 Å². The molecule has 7 nitrogen and oxygen atoms in total. The first-order valence-electron chi connectivity index (χ1n) is 8.47. The molecule has 0 radical (unpaired) electrons. The number of nitrogens with zero attached hydrogens (tertiary/aromatic N) is 4. The van der Waals surface area contributed by atoms with Crippen molar-refractivity contribution in [2.45, 2.75) is 50.2 Å². The summed E-state index contributed by atoms with van der Waals surface area (Å²) < 4.78 is 7.36. The molecule has 1 aromatic heterocycles. The lowest BCUT2D eigenvalue weighted by molar-refractivity contribution is -0.120. The zero-order valence-electron chi connectivity index (χ0n) is 13.8. The van der Waals surface area contributed by atoms with Crippen molar-refractivity contribution in [3.05, 3.63) is 18.0 Å². The molecule has 0 atom stereocenters. The van der Waals surface area contributed by atoms with Crippen LogP contribution in [0.5, 0.6) is 0 Å². The molecule has 1 aromatic rings. The van der Waals surface area contributed by atoms with E-state index >= 15 is 0 Å². The van der Waals surface area contributed by atoms with Gasteiger partial charge < -0.3 is 10.1 Å². The molecule has 2 aliphatic rings. The van der Waals surface area contributed by atoms with E-state index in [2.05, 4.69) is 26.6 Å². The third-order valence-electron chi connectivity index (χ3n) is 4.53. The molecule has 24 heavy (non-hydrogen) atoms. The van der Waals surface area contributed by atoms with E-state index in [-0.39, 0.29) is 11.6 Å². The van der Waals surface area contributed by atoms with Crippen molar-refractivity contribution in [3.8, 4) is 12.3 Å². The average molecular weight is 329 g/mol. The van der Waals surface area contributed by atoms with Crippen LogP contribution in [0.1, 0.15) is 43.8 Å². The van der Waals surface area contributed by atoms with Crippen LogP contribution in [-0.4, -0.2) is 41.1 Å². The summed E-state index contributed by atoms with van der Waals surface area (Å²) in [4.78, 5) is 12.2. The van der Waals surface area contributed by atoms with E-state index in [4.69, 9.17) is 11.2 Å². The second kappa shape index (κ2) is 7.58. The molecule has 0 aromatic carbocycles.